The van der Waals surface area contributed by atoms with Gasteiger partial charge in [0, 0.05) is 18.8 Å². The molecule has 1 N–H and O–H groups in total. The number of para-hydroxylation sites is 1. The molecule has 122 valence electrons. The molecular weight excluding hydrogens is 276 g/mol. The number of nitrogens with one attached hydrogen (secondary N) is 1. The van der Waals surface area contributed by atoms with E-state index in [-0.39, 0.29) is 11.8 Å². The van der Waals surface area contributed by atoms with Crippen molar-refractivity contribution < 1.29 is 9.59 Å². The lowest BCUT2D eigenvalue weighted by Gasteiger charge is -2.30. The molecule has 0 spiro atoms. The molecule has 0 aliphatic carbocycles. The Bertz CT molecular complexity index is 483. The van der Waals surface area contributed by atoms with E-state index in [4.69, 9.17) is 0 Å². The highest BCUT2D eigenvalue weighted by molar-refractivity contribution is 6.10. The normalized spacial score (nSPS) is 11.1. The fourth-order valence-electron chi connectivity index (χ4n) is 2.28. The Morgan fingerprint density at radius 1 is 1.09 bits per heavy atom. The molecule has 0 heterocycles. The van der Waals surface area contributed by atoms with Gasteiger partial charge in [-0.2, -0.15) is 0 Å². The van der Waals surface area contributed by atoms with Crippen molar-refractivity contribution in [1.82, 2.24) is 5.32 Å². The third kappa shape index (κ3) is 4.58. The fraction of sp³-hybridized carbons (Fsp3) is 0.556. The van der Waals surface area contributed by atoms with E-state index in [1.165, 1.54) is 0 Å². The molecule has 1 aromatic carbocycles. The highest BCUT2D eigenvalue weighted by Crippen LogP contribution is 2.24. The van der Waals surface area contributed by atoms with E-state index in [0.29, 0.717) is 13.1 Å². The summed E-state index contributed by atoms with van der Waals surface area (Å²) in [4.78, 5) is 26.8. The quantitative estimate of drug-likeness (QED) is 0.591. The highest BCUT2D eigenvalue weighted by atomic mass is 16.2. The number of hydrogen-bond donors (Lipinski definition) is 1. The Labute approximate surface area is 133 Å². The molecule has 0 atom stereocenters. The number of unbranched alkanes of at least 4 members (excludes halogenated alkanes) is 2. The van der Waals surface area contributed by atoms with Crippen molar-refractivity contribution >= 4 is 17.5 Å². The summed E-state index contributed by atoms with van der Waals surface area (Å²) in [6, 6.07) is 9.47. The summed E-state index contributed by atoms with van der Waals surface area (Å²) in [7, 11) is 0. The third-order valence-electron chi connectivity index (χ3n) is 3.80. The third-order valence-corrected chi connectivity index (χ3v) is 3.80. The molecule has 0 aliphatic rings. The predicted octanol–water partition coefficient (Wildman–Crippen LogP) is 3.37. The van der Waals surface area contributed by atoms with Crippen LogP contribution in [0.4, 0.5) is 5.69 Å². The number of carbonyl (C=O) groups excluding carboxylic acids is 2. The van der Waals surface area contributed by atoms with Gasteiger partial charge in [0.1, 0.15) is 5.41 Å². The van der Waals surface area contributed by atoms with Crippen LogP contribution in [0.2, 0.25) is 0 Å². The lowest BCUT2D eigenvalue weighted by Crippen LogP contribution is -2.50. The van der Waals surface area contributed by atoms with Crippen molar-refractivity contribution in [1.29, 1.82) is 0 Å². The molecule has 0 aliphatic heterocycles. The number of benzene rings is 1. The molecule has 0 saturated heterocycles. The molecule has 0 fully saturated rings. The first kappa shape index (κ1) is 18.2. The second-order valence-corrected chi connectivity index (χ2v) is 5.97. The first-order valence-corrected chi connectivity index (χ1v) is 8.10. The van der Waals surface area contributed by atoms with Gasteiger partial charge >= 0.3 is 0 Å². The Kier molecular flexibility index (Phi) is 7.09. The first-order chi connectivity index (χ1) is 10.4. The van der Waals surface area contributed by atoms with Crippen LogP contribution in [0, 0.1) is 5.41 Å². The topological polar surface area (TPSA) is 49.4 Å². The van der Waals surface area contributed by atoms with Crippen LogP contribution in [-0.4, -0.2) is 24.9 Å². The zero-order valence-electron chi connectivity index (χ0n) is 14.2. The van der Waals surface area contributed by atoms with Gasteiger partial charge in [-0.15, -0.1) is 0 Å². The van der Waals surface area contributed by atoms with Crippen LogP contribution in [-0.2, 0) is 9.59 Å². The van der Waals surface area contributed by atoms with E-state index in [1.54, 1.807) is 18.7 Å². The van der Waals surface area contributed by atoms with Crippen molar-refractivity contribution in [2.45, 2.75) is 47.0 Å². The van der Waals surface area contributed by atoms with E-state index >= 15 is 0 Å². The number of rotatable bonds is 8. The monoisotopic (exact) mass is 304 g/mol. The smallest absolute Gasteiger partial charge is 0.242 e. The molecule has 4 nitrogen and oxygen atoms in total. The number of nitrogens with zero attached hydrogens (tertiary/aromatic N) is 1. The standard InChI is InChI=1S/C18H28N2O2/c1-5-7-11-14-19-16(21)18(3,4)17(22)20(6-2)15-12-9-8-10-13-15/h8-10,12-13H,5-7,11,14H2,1-4H3,(H,19,21). The van der Waals surface area contributed by atoms with Crippen molar-refractivity contribution in [2.75, 3.05) is 18.0 Å². The van der Waals surface area contributed by atoms with Gasteiger partial charge in [0.2, 0.25) is 11.8 Å². The summed E-state index contributed by atoms with van der Waals surface area (Å²) in [6.07, 6.45) is 3.14. The van der Waals surface area contributed by atoms with Gasteiger partial charge in [-0.1, -0.05) is 38.0 Å². The van der Waals surface area contributed by atoms with Crippen molar-refractivity contribution in [3.8, 4) is 0 Å². The van der Waals surface area contributed by atoms with Crippen LogP contribution in [0.1, 0.15) is 47.0 Å². The SMILES string of the molecule is CCCCCNC(=O)C(C)(C)C(=O)N(CC)c1ccccc1. The molecular formula is C18H28N2O2. The van der Waals surface area contributed by atoms with E-state index in [2.05, 4.69) is 12.2 Å². The zero-order chi connectivity index (χ0) is 16.6. The summed E-state index contributed by atoms with van der Waals surface area (Å²) in [5.74, 6) is -0.378. The van der Waals surface area contributed by atoms with Crippen molar-refractivity contribution in [3.05, 3.63) is 30.3 Å². The van der Waals surface area contributed by atoms with Crippen LogP contribution in [0.5, 0.6) is 0 Å². The largest absolute Gasteiger partial charge is 0.355 e. The molecule has 1 rings (SSSR count). The average molecular weight is 304 g/mol. The maximum atomic E-state index is 12.8. The molecule has 4 heteroatoms. The number of carbonyl (C=O) groups is 2. The number of hydrogen-bond acceptors (Lipinski definition) is 2. The van der Waals surface area contributed by atoms with Crippen LogP contribution >= 0.6 is 0 Å². The van der Waals surface area contributed by atoms with E-state index in [9.17, 15) is 9.59 Å². The van der Waals surface area contributed by atoms with E-state index < -0.39 is 5.41 Å². The van der Waals surface area contributed by atoms with Gasteiger partial charge in [-0.25, -0.2) is 0 Å². The Morgan fingerprint density at radius 2 is 1.73 bits per heavy atom. The minimum atomic E-state index is -1.07. The first-order valence-electron chi connectivity index (χ1n) is 8.10. The molecule has 0 radical (unpaired) electrons. The van der Waals surface area contributed by atoms with E-state index in [1.807, 2.05) is 37.3 Å². The van der Waals surface area contributed by atoms with Crippen molar-refractivity contribution in [3.63, 3.8) is 0 Å². The maximum absolute atomic E-state index is 12.8. The summed E-state index contributed by atoms with van der Waals surface area (Å²) in [5, 5.41) is 2.88. The fourth-order valence-corrected chi connectivity index (χ4v) is 2.28. The molecule has 0 saturated carbocycles. The maximum Gasteiger partial charge on any atom is 0.242 e. The molecule has 0 bridgehead atoms. The summed E-state index contributed by atoms with van der Waals surface area (Å²) in [6.45, 7) is 8.58. The van der Waals surface area contributed by atoms with Gasteiger partial charge < -0.3 is 10.2 Å². The predicted molar refractivity (Wildman–Crippen MR) is 90.8 cm³/mol. The second kappa shape index (κ2) is 8.57. The van der Waals surface area contributed by atoms with Crippen LogP contribution in [0.3, 0.4) is 0 Å². The summed E-state index contributed by atoms with van der Waals surface area (Å²) >= 11 is 0. The molecule has 0 aromatic heterocycles. The average Bonchev–Trinajstić information content (AvgIpc) is 2.53. The minimum Gasteiger partial charge on any atom is -0.355 e. The number of amides is 2. The number of anilines is 1. The Morgan fingerprint density at radius 3 is 2.27 bits per heavy atom. The molecule has 1 aromatic rings. The lowest BCUT2D eigenvalue weighted by atomic mass is 9.90. The highest BCUT2D eigenvalue weighted by Gasteiger charge is 2.39. The van der Waals surface area contributed by atoms with Gasteiger partial charge in [0.15, 0.2) is 0 Å². The summed E-state index contributed by atoms with van der Waals surface area (Å²) < 4.78 is 0. The zero-order valence-corrected chi connectivity index (χ0v) is 14.2. The van der Waals surface area contributed by atoms with E-state index in [0.717, 1.165) is 24.9 Å². The minimum absolute atomic E-state index is 0.172. The van der Waals surface area contributed by atoms with Crippen molar-refractivity contribution in [2.24, 2.45) is 5.41 Å². The Hall–Kier alpha value is -1.84. The molecule has 2 amide bonds. The summed E-state index contributed by atoms with van der Waals surface area (Å²) in [5.41, 5.74) is -0.250. The lowest BCUT2D eigenvalue weighted by molar-refractivity contribution is -0.139. The van der Waals surface area contributed by atoms with Crippen LogP contribution in [0.25, 0.3) is 0 Å². The van der Waals surface area contributed by atoms with Gasteiger partial charge in [-0.05, 0) is 39.3 Å². The van der Waals surface area contributed by atoms with Crippen LogP contribution < -0.4 is 10.2 Å². The second-order valence-electron chi connectivity index (χ2n) is 5.97. The van der Waals surface area contributed by atoms with Gasteiger partial charge in [0.05, 0.1) is 0 Å². The Balaban J connectivity index is 2.77. The molecule has 22 heavy (non-hydrogen) atoms. The van der Waals surface area contributed by atoms with Crippen LogP contribution in [0.15, 0.2) is 30.3 Å². The van der Waals surface area contributed by atoms with Gasteiger partial charge in [0.25, 0.3) is 0 Å². The van der Waals surface area contributed by atoms with Gasteiger partial charge in [-0.3, -0.25) is 9.59 Å². The molecule has 0 unspecified atom stereocenters.